The van der Waals surface area contributed by atoms with E-state index in [1.165, 1.54) is 0 Å². The average molecular weight is 316 g/mol. The summed E-state index contributed by atoms with van der Waals surface area (Å²) in [6.07, 6.45) is 6.56. The van der Waals surface area contributed by atoms with Gasteiger partial charge in [-0.2, -0.15) is 0 Å². The number of allylic oxidation sites excluding steroid dienone is 1. The number of hydrogen-bond donors (Lipinski definition) is 0. The van der Waals surface area contributed by atoms with E-state index in [1.807, 2.05) is 18.2 Å². The van der Waals surface area contributed by atoms with Crippen molar-refractivity contribution in [3.8, 4) is 0 Å². The predicted molar refractivity (Wildman–Crippen MR) is 76.8 cm³/mol. The van der Waals surface area contributed by atoms with Crippen LogP contribution in [0.15, 0.2) is 35.3 Å². The zero-order valence-corrected chi connectivity index (χ0v) is 12.1. The molecular formula is C14H16BrClO. The van der Waals surface area contributed by atoms with Crippen molar-refractivity contribution in [1.82, 2.24) is 0 Å². The topological polar surface area (TPSA) is 17.1 Å². The number of carbonyl (C=O) groups excluding carboxylic acids is 1. The summed E-state index contributed by atoms with van der Waals surface area (Å²) in [6.45, 7) is 3.67. The smallest absolute Gasteiger partial charge is 0.164 e. The lowest BCUT2D eigenvalue weighted by atomic mass is 10.0. The molecule has 0 aromatic heterocycles. The lowest BCUT2D eigenvalue weighted by Crippen LogP contribution is -2.00. The number of carbonyl (C=O) groups is 1. The van der Waals surface area contributed by atoms with Crippen molar-refractivity contribution in [2.75, 3.05) is 0 Å². The molecule has 0 unspecified atom stereocenters. The van der Waals surface area contributed by atoms with Crippen molar-refractivity contribution in [3.05, 3.63) is 45.9 Å². The first-order chi connectivity index (χ1) is 8.16. The average Bonchev–Trinajstić information content (AvgIpc) is 2.32. The molecule has 0 amide bonds. The van der Waals surface area contributed by atoms with Crippen molar-refractivity contribution in [1.29, 1.82) is 0 Å². The zero-order valence-electron chi connectivity index (χ0n) is 9.72. The molecule has 0 saturated carbocycles. The number of unbranched alkanes of at least 4 members (excludes halogenated alkanes) is 3. The van der Waals surface area contributed by atoms with Gasteiger partial charge in [-0.15, -0.1) is 6.58 Å². The molecule has 0 bridgehead atoms. The van der Waals surface area contributed by atoms with Crippen LogP contribution in [0.3, 0.4) is 0 Å². The Balaban J connectivity index is 2.47. The van der Waals surface area contributed by atoms with Gasteiger partial charge in [-0.1, -0.05) is 30.2 Å². The number of rotatable bonds is 7. The Hall–Kier alpha value is -0.600. The van der Waals surface area contributed by atoms with Gasteiger partial charge in [0.25, 0.3) is 0 Å². The van der Waals surface area contributed by atoms with E-state index in [-0.39, 0.29) is 5.78 Å². The molecule has 3 heteroatoms. The van der Waals surface area contributed by atoms with Gasteiger partial charge in [0.2, 0.25) is 0 Å². The largest absolute Gasteiger partial charge is 0.294 e. The van der Waals surface area contributed by atoms with E-state index in [2.05, 4.69) is 22.5 Å². The molecule has 0 aliphatic heterocycles. The van der Waals surface area contributed by atoms with Gasteiger partial charge < -0.3 is 0 Å². The lowest BCUT2D eigenvalue weighted by Gasteiger charge is -2.04. The van der Waals surface area contributed by atoms with Crippen molar-refractivity contribution in [2.24, 2.45) is 0 Å². The molecule has 92 valence electrons. The van der Waals surface area contributed by atoms with Crippen LogP contribution < -0.4 is 0 Å². The Kier molecular flexibility index (Phi) is 6.53. The number of Topliss-reactive ketones (excluding diaryl/α,β-unsaturated/α-hetero) is 1. The highest BCUT2D eigenvalue weighted by Gasteiger charge is 2.11. The molecule has 0 aliphatic carbocycles. The summed E-state index contributed by atoms with van der Waals surface area (Å²) in [4.78, 5) is 11.9. The first-order valence-corrected chi connectivity index (χ1v) is 6.92. The molecule has 17 heavy (non-hydrogen) atoms. The summed E-state index contributed by atoms with van der Waals surface area (Å²) in [5, 5.41) is 0.517. The van der Waals surface area contributed by atoms with Crippen molar-refractivity contribution >= 4 is 33.3 Å². The lowest BCUT2D eigenvalue weighted by molar-refractivity contribution is 0.0979. The van der Waals surface area contributed by atoms with Gasteiger partial charge in [-0.25, -0.2) is 0 Å². The first kappa shape index (κ1) is 14.5. The summed E-state index contributed by atoms with van der Waals surface area (Å²) < 4.78 is 0.775. The first-order valence-electron chi connectivity index (χ1n) is 5.75. The second kappa shape index (κ2) is 7.67. The normalized spacial score (nSPS) is 10.2. The van der Waals surface area contributed by atoms with Gasteiger partial charge in [0.15, 0.2) is 5.78 Å². The Labute approximate surface area is 116 Å². The summed E-state index contributed by atoms with van der Waals surface area (Å²) in [5.74, 6) is 0.120. The number of hydrogen-bond acceptors (Lipinski definition) is 1. The third-order valence-electron chi connectivity index (χ3n) is 2.56. The van der Waals surface area contributed by atoms with E-state index < -0.39 is 0 Å². The van der Waals surface area contributed by atoms with Gasteiger partial charge >= 0.3 is 0 Å². The van der Waals surface area contributed by atoms with Crippen LogP contribution in [0, 0.1) is 0 Å². The fourth-order valence-corrected chi connectivity index (χ4v) is 2.20. The van der Waals surface area contributed by atoms with Gasteiger partial charge in [0.1, 0.15) is 0 Å². The maximum atomic E-state index is 11.9. The molecule has 0 heterocycles. The van der Waals surface area contributed by atoms with E-state index >= 15 is 0 Å². The van der Waals surface area contributed by atoms with Crippen LogP contribution in [0.25, 0.3) is 0 Å². The fourth-order valence-electron chi connectivity index (χ4n) is 1.60. The Morgan fingerprint density at radius 3 is 2.82 bits per heavy atom. The summed E-state index contributed by atoms with van der Waals surface area (Å²) in [6, 6.07) is 5.45. The Morgan fingerprint density at radius 1 is 1.35 bits per heavy atom. The van der Waals surface area contributed by atoms with Crippen LogP contribution in [-0.2, 0) is 0 Å². The quantitative estimate of drug-likeness (QED) is 0.373. The van der Waals surface area contributed by atoms with Gasteiger partial charge in [-0.05, 0) is 47.3 Å². The number of ketones is 1. The van der Waals surface area contributed by atoms with Crippen LogP contribution in [0.2, 0.25) is 5.02 Å². The van der Waals surface area contributed by atoms with Crippen LogP contribution >= 0.6 is 27.5 Å². The molecule has 0 radical (unpaired) electrons. The minimum absolute atomic E-state index is 0.120. The highest BCUT2D eigenvalue weighted by atomic mass is 79.9. The van der Waals surface area contributed by atoms with Crippen molar-refractivity contribution < 1.29 is 4.79 Å². The number of halogens is 2. The predicted octanol–water partition coefficient (Wildman–Crippen LogP) is 5.42. The van der Waals surface area contributed by atoms with Crippen molar-refractivity contribution in [2.45, 2.75) is 32.1 Å². The molecule has 0 fully saturated rings. The number of benzene rings is 1. The maximum absolute atomic E-state index is 11.9. The van der Waals surface area contributed by atoms with Crippen LogP contribution in [-0.4, -0.2) is 5.78 Å². The van der Waals surface area contributed by atoms with Gasteiger partial charge in [0, 0.05) is 16.5 Å². The van der Waals surface area contributed by atoms with Gasteiger partial charge in [-0.3, -0.25) is 4.79 Å². The molecule has 1 aromatic carbocycles. The van der Waals surface area contributed by atoms with Gasteiger partial charge in [0.05, 0.1) is 5.02 Å². The Morgan fingerprint density at radius 2 is 2.12 bits per heavy atom. The third kappa shape index (κ3) is 4.64. The molecule has 1 rings (SSSR count). The highest BCUT2D eigenvalue weighted by molar-refractivity contribution is 9.10. The monoisotopic (exact) mass is 314 g/mol. The van der Waals surface area contributed by atoms with E-state index in [0.29, 0.717) is 17.0 Å². The molecule has 1 aromatic rings. The molecule has 0 aliphatic rings. The minimum atomic E-state index is 0.120. The molecule has 0 spiro atoms. The maximum Gasteiger partial charge on any atom is 0.164 e. The van der Waals surface area contributed by atoms with Crippen LogP contribution in [0.5, 0.6) is 0 Å². The highest BCUT2D eigenvalue weighted by Crippen LogP contribution is 2.27. The van der Waals surface area contributed by atoms with Crippen LogP contribution in [0.4, 0.5) is 0 Å². The summed E-state index contributed by atoms with van der Waals surface area (Å²) in [5.41, 5.74) is 0.616. The Bertz CT molecular complexity index is 401. The third-order valence-corrected chi connectivity index (χ3v) is 3.86. The fraction of sp³-hybridized carbons (Fsp3) is 0.357. The summed E-state index contributed by atoms with van der Waals surface area (Å²) in [7, 11) is 0. The van der Waals surface area contributed by atoms with E-state index in [0.717, 1.165) is 30.2 Å². The zero-order chi connectivity index (χ0) is 12.7. The minimum Gasteiger partial charge on any atom is -0.294 e. The second-order valence-electron chi connectivity index (χ2n) is 3.91. The molecule has 0 N–H and O–H groups in total. The standard InChI is InChI=1S/C14H16BrClO/c1-2-3-4-5-6-10-13(17)11-8-7-9-12(15)14(11)16/h2,7-9H,1,3-6,10H2. The second-order valence-corrected chi connectivity index (χ2v) is 5.14. The molecule has 0 saturated heterocycles. The van der Waals surface area contributed by atoms with Crippen LogP contribution in [0.1, 0.15) is 42.5 Å². The molecule has 0 atom stereocenters. The van der Waals surface area contributed by atoms with E-state index in [9.17, 15) is 4.79 Å². The summed E-state index contributed by atoms with van der Waals surface area (Å²) >= 11 is 9.39. The van der Waals surface area contributed by atoms with E-state index in [4.69, 9.17) is 11.6 Å². The SMILES string of the molecule is C=CCCCCCC(=O)c1cccc(Br)c1Cl. The van der Waals surface area contributed by atoms with E-state index in [1.54, 1.807) is 6.07 Å². The molecule has 1 nitrogen and oxygen atoms in total. The molecular weight excluding hydrogens is 300 g/mol. The van der Waals surface area contributed by atoms with Crippen molar-refractivity contribution in [3.63, 3.8) is 0 Å².